The van der Waals surface area contributed by atoms with Crippen LogP contribution in [0, 0.1) is 11.3 Å². The summed E-state index contributed by atoms with van der Waals surface area (Å²) >= 11 is 0. The molecule has 26 heavy (non-hydrogen) atoms. The van der Waals surface area contributed by atoms with Gasteiger partial charge in [-0.25, -0.2) is 0 Å². The second-order valence-corrected chi connectivity index (χ2v) is 8.98. The van der Waals surface area contributed by atoms with Crippen LogP contribution in [-0.2, 0) is 15.1 Å². The molecular weight excluding hydrogens is 324 g/mol. The Balaban J connectivity index is 1.42. The van der Waals surface area contributed by atoms with E-state index in [1.807, 2.05) is 0 Å². The number of carbonyl (C=O) groups excluding carboxylic acids is 1. The highest BCUT2D eigenvalue weighted by Gasteiger charge is 2.50. The van der Waals surface area contributed by atoms with Crippen molar-refractivity contribution in [3.8, 4) is 0 Å². The molecule has 0 unspecified atom stereocenters. The molecule has 0 aromatic heterocycles. The third kappa shape index (κ3) is 3.18. The largest absolute Gasteiger partial charge is 0.381 e. The summed E-state index contributed by atoms with van der Waals surface area (Å²) in [4.78, 5) is 17.2. The summed E-state index contributed by atoms with van der Waals surface area (Å²) in [6.45, 7) is 3.66. The molecule has 4 heteroatoms. The first kappa shape index (κ1) is 18.0. The topological polar surface area (TPSA) is 32.8 Å². The lowest BCUT2D eigenvalue weighted by atomic mass is 9.64. The molecular formula is C22H32N2O2. The Morgan fingerprint density at radius 1 is 1.12 bits per heavy atom. The highest BCUT2D eigenvalue weighted by Crippen LogP contribution is 2.52. The van der Waals surface area contributed by atoms with E-state index in [4.69, 9.17) is 4.74 Å². The van der Waals surface area contributed by atoms with E-state index in [0.29, 0.717) is 11.8 Å². The van der Waals surface area contributed by atoms with Gasteiger partial charge in [0.2, 0.25) is 5.91 Å². The van der Waals surface area contributed by atoms with E-state index in [0.717, 1.165) is 64.8 Å². The number of amides is 1. The van der Waals surface area contributed by atoms with Gasteiger partial charge < -0.3 is 9.64 Å². The van der Waals surface area contributed by atoms with E-state index in [1.54, 1.807) is 0 Å². The summed E-state index contributed by atoms with van der Waals surface area (Å²) in [7, 11) is 4.41. The minimum Gasteiger partial charge on any atom is -0.381 e. The molecule has 1 aliphatic carbocycles. The van der Waals surface area contributed by atoms with E-state index in [9.17, 15) is 4.79 Å². The van der Waals surface area contributed by atoms with Crippen LogP contribution in [0.4, 0.5) is 0 Å². The molecule has 4 rings (SSSR count). The van der Waals surface area contributed by atoms with Gasteiger partial charge in [-0.3, -0.25) is 9.69 Å². The van der Waals surface area contributed by atoms with Crippen molar-refractivity contribution in [3.05, 3.63) is 35.9 Å². The first-order valence-corrected chi connectivity index (χ1v) is 10.1. The number of likely N-dealkylation sites (tertiary alicyclic amines) is 1. The number of rotatable bonds is 5. The molecule has 1 spiro atoms. The van der Waals surface area contributed by atoms with Crippen LogP contribution in [0.3, 0.4) is 0 Å². The van der Waals surface area contributed by atoms with Crippen molar-refractivity contribution in [2.75, 3.05) is 40.4 Å². The highest BCUT2D eigenvalue weighted by atomic mass is 16.5. The van der Waals surface area contributed by atoms with Gasteiger partial charge in [0.15, 0.2) is 0 Å². The van der Waals surface area contributed by atoms with Gasteiger partial charge in [0, 0.05) is 31.0 Å². The second-order valence-electron chi connectivity index (χ2n) is 8.98. The monoisotopic (exact) mass is 356 g/mol. The van der Waals surface area contributed by atoms with Crippen LogP contribution in [0.2, 0.25) is 0 Å². The molecule has 3 fully saturated rings. The Morgan fingerprint density at radius 3 is 2.38 bits per heavy atom. The van der Waals surface area contributed by atoms with Gasteiger partial charge in [0.05, 0.1) is 13.2 Å². The van der Waals surface area contributed by atoms with Gasteiger partial charge in [-0.2, -0.15) is 0 Å². The molecule has 4 nitrogen and oxygen atoms in total. The molecule has 1 aromatic carbocycles. The zero-order chi connectivity index (χ0) is 18.2. The molecule has 0 bridgehead atoms. The molecule has 1 saturated carbocycles. The van der Waals surface area contributed by atoms with Gasteiger partial charge in [-0.05, 0) is 57.2 Å². The number of hydrogen-bond donors (Lipinski definition) is 0. The van der Waals surface area contributed by atoms with Crippen molar-refractivity contribution >= 4 is 5.91 Å². The predicted molar refractivity (Wildman–Crippen MR) is 103 cm³/mol. The fourth-order valence-corrected chi connectivity index (χ4v) is 5.25. The first-order chi connectivity index (χ1) is 12.5. The Morgan fingerprint density at radius 2 is 1.81 bits per heavy atom. The van der Waals surface area contributed by atoms with E-state index < -0.39 is 0 Å². The Bertz CT molecular complexity index is 631. The van der Waals surface area contributed by atoms with Gasteiger partial charge in [0.25, 0.3) is 0 Å². The molecule has 0 atom stereocenters. The van der Waals surface area contributed by atoms with E-state index in [2.05, 4.69) is 54.2 Å². The molecule has 3 aliphatic rings. The quantitative estimate of drug-likeness (QED) is 0.812. The molecule has 2 saturated heterocycles. The van der Waals surface area contributed by atoms with Crippen LogP contribution in [0.25, 0.3) is 0 Å². The summed E-state index contributed by atoms with van der Waals surface area (Å²) in [5, 5.41) is 0. The number of nitrogens with zero attached hydrogens (tertiary/aromatic N) is 2. The zero-order valence-electron chi connectivity index (χ0n) is 16.2. The maximum absolute atomic E-state index is 12.6. The summed E-state index contributed by atoms with van der Waals surface area (Å²) in [5.41, 5.74) is 1.75. The van der Waals surface area contributed by atoms with Crippen molar-refractivity contribution < 1.29 is 9.53 Å². The van der Waals surface area contributed by atoms with Crippen LogP contribution >= 0.6 is 0 Å². The smallest absolute Gasteiger partial charge is 0.223 e. The first-order valence-electron chi connectivity index (χ1n) is 10.1. The Hall–Kier alpha value is -1.39. The fourth-order valence-electron chi connectivity index (χ4n) is 5.25. The van der Waals surface area contributed by atoms with Crippen LogP contribution in [0.15, 0.2) is 30.3 Å². The summed E-state index contributed by atoms with van der Waals surface area (Å²) < 4.78 is 5.27. The van der Waals surface area contributed by atoms with Crippen molar-refractivity contribution in [1.29, 1.82) is 0 Å². The number of hydrogen-bond acceptors (Lipinski definition) is 3. The van der Waals surface area contributed by atoms with Crippen molar-refractivity contribution in [2.24, 2.45) is 11.3 Å². The molecule has 142 valence electrons. The minimum atomic E-state index is 0.117. The number of benzene rings is 1. The average Bonchev–Trinajstić information content (AvgIpc) is 2.90. The molecule has 0 N–H and O–H groups in total. The zero-order valence-corrected chi connectivity index (χ0v) is 16.2. The Labute approximate surface area is 157 Å². The van der Waals surface area contributed by atoms with Crippen LogP contribution in [0.1, 0.15) is 44.1 Å². The van der Waals surface area contributed by atoms with Gasteiger partial charge >= 0.3 is 0 Å². The summed E-state index contributed by atoms with van der Waals surface area (Å²) in [6, 6.07) is 10.9. The molecule has 1 aromatic rings. The number of carbonyl (C=O) groups is 1. The highest BCUT2D eigenvalue weighted by molar-refractivity contribution is 5.79. The lowest BCUT2D eigenvalue weighted by molar-refractivity contribution is -0.128. The van der Waals surface area contributed by atoms with Crippen molar-refractivity contribution in [2.45, 2.75) is 44.1 Å². The van der Waals surface area contributed by atoms with Gasteiger partial charge in [0.1, 0.15) is 0 Å². The third-order valence-corrected chi connectivity index (χ3v) is 7.22. The van der Waals surface area contributed by atoms with Crippen LogP contribution in [0.5, 0.6) is 0 Å². The predicted octanol–water partition coefficient (Wildman–Crippen LogP) is 3.27. The fraction of sp³-hybridized carbons (Fsp3) is 0.682. The molecule has 0 radical (unpaired) electrons. The summed E-state index contributed by atoms with van der Waals surface area (Å²) in [6.07, 6.45) is 6.44. The summed E-state index contributed by atoms with van der Waals surface area (Å²) in [5.74, 6) is 1.05. The number of ether oxygens (including phenoxy) is 1. The van der Waals surface area contributed by atoms with Gasteiger partial charge in [-0.15, -0.1) is 0 Å². The average molecular weight is 357 g/mol. The lowest BCUT2D eigenvalue weighted by Crippen LogP contribution is -2.47. The molecule has 1 amide bonds. The van der Waals surface area contributed by atoms with E-state index in [1.165, 1.54) is 5.56 Å². The second kappa shape index (κ2) is 6.97. The molecule has 2 heterocycles. The van der Waals surface area contributed by atoms with E-state index in [-0.39, 0.29) is 11.0 Å². The van der Waals surface area contributed by atoms with Gasteiger partial charge in [-0.1, -0.05) is 30.3 Å². The van der Waals surface area contributed by atoms with Crippen molar-refractivity contribution in [1.82, 2.24) is 9.80 Å². The van der Waals surface area contributed by atoms with Crippen LogP contribution in [-0.4, -0.2) is 56.1 Å². The normalized spacial score (nSPS) is 32.4. The van der Waals surface area contributed by atoms with E-state index >= 15 is 0 Å². The molecule has 2 aliphatic heterocycles. The maximum atomic E-state index is 12.6. The minimum absolute atomic E-state index is 0.117. The van der Waals surface area contributed by atoms with Crippen molar-refractivity contribution in [3.63, 3.8) is 0 Å². The standard InChI is InChI=1S/C22H32N2O2/c1-23(2)22(19-6-4-3-5-7-19)11-9-21(10-12-22)14-20(25)24(17-21)13-8-18-15-26-16-18/h3-7,18H,8-17H2,1-2H3. The third-order valence-electron chi connectivity index (χ3n) is 7.22. The van der Waals surface area contributed by atoms with Crippen LogP contribution < -0.4 is 0 Å². The Kier molecular flexibility index (Phi) is 4.83. The maximum Gasteiger partial charge on any atom is 0.223 e. The lowest BCUT2D eigenvalue weighted by Gasteiger charge is -2.49. The SMILES string of the molecule is CN(C)C1(c2ccccc2)CCC2(CC1)CC(=O)N(CCC1COC1)C2.